The summed E-state index contributed by atoms with van der Waals surface area (Å²) in [6.45, 7) is 3.09. The number of nitriles is 1. The number of carbonyl (C=O) groups excluding carboxylic acids is 1. The first kappa shape index (κ1) is 24.9. The monoisotopic (exact) mass is 474 g/mol. The molecule has 1 amide bonds. The van der Waals surface area contributed by atoms with Crippen molar-refractivity contribution >= 4 is 23.6 Å². The Kier molecular flexibility index (Phi) is 9.57. The Morgan fingerprint density at radius 2 is 1.71 bits per heavy atom. The molecule has 0 aliphatic rings. The van der Waals surface area contributed by atoms with Gasteiger partial charge in [0, 0.05) is 6.54 Å². The van der Waals surface area contributed by atoms with Crippen LogP contribution in [0.1, 0.15) is 30.0 Å². The summed E-state index contributed by atoms with van der Waals surface area (Å²) in [6.07, 6.45) is 3.13. The van der Waals surface area contributed by atoms with Crippen LogP contribution in [0.5, 0.6) is 11.5 Å². The fourth-order valence-corrected chi connectivity index (χ4v) is 3.63. The number of benzene rings is 3. The maximum absolute atomic E-state index is 12.5. The molecule has 0 spiro atoms. The van der Waals surface area contributed by atoms with Gasteiger partial charge in [-0.2, -0.15) is 5.26 Å². The molecule has 3 aromatic carbocycles. The van der Waals surface area contributed by atoms with Crippen LogP contribution in [0.25, 0.3) is 6.08 Å². The van der Waals surface area contributed by atoms with Gasteiger partial charge < -0.3 is 14.8 Å². The molecule has 3 rings (SSSR count). The Hall–Kier alpha value is -3.75. The zero-order valence-electron chi connectivity index (χ0n) is 19.1. The third-order valence-corrected chi connectivity index (χ3v) is 5.29. The second kappa shape index (κ2) is 13.1. The van der Waals surface area contributed by atoms with Crippen molar-refractivity contribution in [2.75, 3.05) is 13.2 Å². The van der Waals surface area contributed by atoms with Crippen molar-refractivity contribution in [3.05, 3.63) is 100 Å². The lowest BCUT2D eigenvalue weighted by Crippen LogP contribution is -2.25. The number of carbonyl (C=O) groups is 1. The summed E-state index contributed by atoms with van der Waals surface area (Å²) in [5.74, 6) is 0.458. The van der Waals surface area contributed by atoms with E-state index in [2.05, 4.69) is 17.4 Å². The van der Waals surface area contributed by atoms with Gasteiger partial charge in [-0.05, 0) is 54.7 Å². The molecule has 1 N–H and O–H groups in total. The van der Waals surface area contributed by atoms with Crippen molar-refractivity contribution in [1.82, 2.24) is 5.32 Å². The Morgan fingerprint density at radius 3 is 2.35 bits per heavy atom. The average molecular weight is 475 g/mol. The molecule has 0 saturated carbocycles. The number of hydrogen-bond donors (Lipinski definition) is 1. The van der Waals surface area contributed by atoms with Crippen LogP contribution in [0.4, 0.5) is 0 Å². The maximum Gasteiger partial charge on any atom is 0.261 e. The van der Waals surface area contributed by atoms with Crippen molar-refractivity contribution in [2.45, 2.75) is 26.4 Å². The van der Waals surface area contributed by atoms with Crippen molar-refractivity contribution in [3.8, 4) is 17.6 Å². The van der Waals surface area contributed by atoms with Crippen LogP contribution in [0.3, 0.4) is 0 Å². The second-order valence-electron chi connectivity index (χ2n) is 7.55. The number of hydrogen-bond acceptors (Lipinski definition) is 4. The molecule has 0 unspecified atom stereocenters. The van der Waals surface area contributed by atoms with Gasteiger partial charge >= 0.3 is 0 Å². The molecular formula is C28H27ClN2O3. The van der Waals surface area contributed by atoms with Crippen molar-refractivity contribution in [1.29, 1.82) is 5.26 Å². The molecular weight excluding hydrogens is 448 g/mol. The predicted octanol–water partition coefficient (Wildman–Crippen LogP) is 5.97. The van der Waals surface area contributed by atoms with E-state index in [4.69, 9.17) is 21.1 Å². The smallest absolute Gasteiger partial charge is 0.261 e. The quantitative estimate of drug-likeness (QED) is 0.211. The van der Waals surface area contributed by atoms with Crippen LogP contribution >= 0.6 is 11.6 Å². The molecule has 0 aliphatic carbocycles. The summed E-state index contributed by atoms with van der Waals surface area (Å²) in [5, 5.41) is 12.7. The minimum Gasteiger partial charge on any atom is -0.490 e. The first-order chi connectivity index (χ1) is 16.6. The van der Waals surface area contributed by atoms with E-state index in [9.17, 15) is 10.1 Å². The lowest BCUT2D eigenvalue weighted by Gasteiger charge is -2.15. The number of nitrogens with one attached hydrogen (secondary N) is 1. The van der Waals surface area contributed by atoms with Gasteiger partial charge in [-0.3, -0.25) is 4.79 Å². The number of aryl methyl sites for hydroxylation is 1. The summed E-state index contributed by atoms with van der Waals surface area (Å²) in [7, 11) is 0. The van der Waals surface area contributed by atoms with E-state index in [1.165, 1.54) is 11.6 Å². The highest BCUT2D eigenvalue weighted by molar-refractivity contribution is 6.32. The molecule has 174 valence electrons. The van der Waals surface area contributed by atoms with Gasteiger partial charge in [-0.1, -0.05) is 72.3 Å². The van der Waals surface area contributed by atoms with Crippen LogP contribution in [-0.4, -0.2) is 19.1 Å². The topological polar surface area (TPSA) is 71.3 Å². The Balaban J connectivity index is 1.67. The number of amides is 1. The van der Waals surface area contributed by atoms with Gasteiger partial charge in [0.05, 0.1) is 11.6 Å². The van der Waals surface area contributed by atoms with Crippen molar-refractivity contribution in [2.24, 2.45) is 0 Å². The first-order valence-electron chi connectivity index (χ1n) is 11.2. The van der Waals surface area contributed by atoms with E-state index in [1.807, 2.05) is 61.5 Å². The van der Waals surface area contributed by atoms with E-state index >= 15 is 0 Å². The highest BCUT2D eigenvalue weighted by atomic mass is 35.5. The van der Waals surface area contributed by atoms with Gasteiger partial charge in [0.1, 0.15) is 18.2 Å². The van der Waals surface area contributed by atoms with Gasteiger partial charge in [0.2, 0.25) is 0 Å². The molecule has 0 fully saturated rings. The van der Waals surface area contributed by atoms with Crippen LogP contribution in [0.2, 0.25) is 5.02 Å². The molecule has 0 bridgehead atoms. The molecule has 3 aromatic rings. The number of rotatable bonds is 11. The summed E-state index contributed by atoms with van der Waals surface area (Å²) < 4.78 is 11.6. The SMILES string of the molecule is CCOc1cc(/C=C(/C#N)C(=O)NCCCc2ccccc2)cc(Cl)c1OCc1ccccc1. The Morgan fingerprint density at radius 1 is 1.03 bits per heavy atom. The molecule has 34 heavy (non-hydrogen) atoms. The zero-order valence-corrected chi connectivity index (χ0v) is 19.8. The lowest BCUT2D eigenvalue weighted by atomic mass is 10.1. The highest BCUT2D eigenvalue weighted by Gasteiger charge is 2.14. The highest BCUT2D eigenvalue weighted by Crippen LogP contribution is 2.37. The normalized spacial score (nSPS) is 10.9. The van der Waals surface area contributed by atoms with Crippen molar-refractivity contribution in [3.63, 3.8) is 0 Å². The average Bonchev–Trinajstić information content (AvgIpc) is 2.86. The van der Waals surface area contributed by atoms with Gasteiger partial charge in [0.25, 0.3) is 5.91 Å². The van der Waals surface area contributed by atoms with E-state index in [0.29, 0.717) is 41.8 Å². The molecule has 0 saturated heterocycles. The summed E-state index contributed by atoms with van der Waals surface area (Å²) in [6, 6.07) is 25.1. The zero-order chi connectivity index (χ0) is 24.2. The van der Waals surface area contributed by atoms with E-state index in [-0.39, 0.29) is 5.57 Å². The molecule has 0 heterocycles. The third kappa shape index (κ3) is 7.40. The minimum absolute atomic E-state index is 0.00354. The summed E-state index contributed by atoms with van der Waals surface area (Å²) in [5.41, 5.74) is 2.79. The lowest BCUT2D eigenvalue weighted by molar-refractivity contribution is -0.117. The molecule has 5 nitrogen and oxygen atoms in total. The van der Waals surface area contributed by atoms with Gasteiger partial charge in [-0.15, -0.1) is 0 Å². The van der Waals surface area contributed by atoms with Crippen LogP contribution in [0.15, 0.2) is 78.4 Å². The fraction of sp³-hybridized carbons (Fsp3) is 0.214. The Bertz CT molecular complexity index is 1160. The molecule has 0 aromatic heterocycles. The third-order valence-electron chi connectivity index (χ3n) is 5.00. The van der Waals surface area contributed by atoms with Crippen molar-refractivity contribution < 1.29 is 14.3 Å². The number of halogens is 1. The molecule has 6 heteroatoms. The van der Waals surface area contributed by atoms with Crippen LogP contribution in [0, 0.1) is 11.3 Å². The van der Waals surface area contributed by atoms with Crippen LogP contribution < -0.4 is 14.8 Å². The first-order valence-corrected chi connectivity index (χ1v) is 11.6. The molecule has 0 radical (unpaired) electrons. The largest absolute Gasteiger partial charge is 0.490 e. The van der Waals surface area contributed by atoms with E-state index < -0.39 is 5.91 Å². The summed E-state index contributed by atoms with van der Waals surface area (Å²) >= 11 is 6.49. The number of nitrogens with zero attached hydrogens (tertiary/aromatic N) is 1. The second-order valence-corrected chi connectivity index (χ2v) is 7.96. The molecule has 0 atom stereocenters. The number of ether oxygens (including phenoxy) is 2. The fourth-order valence-electron chi connectivity index (χ4n) is 3.35. The summed E-state index contributed by atoms with van der Waals surface area (Å²) in [4.78, 5) is 12.5. The van der Waals surface area contributed by atoms with E-state index in [0.717, 1.165) is 18.4 Å². The predicted molar refractivity (Wildman–Crippen MR) is 135 cm³/mol. The molecule has 0 aliphatic heterocycles. The van der Waals surface area contributed by atoms with Gasteiger partial charge in [0.15, 0.2) is 11.5 Å². The minimum atomic E-state index is -0.422. The Labute approximate surface area is 205 Å². The van der Waals surface area contributed by atoms with Gasteiger partial charge in [-0.25, -0.2) is 0 Å². The van der Waals surface area contributed by atoms with Crippen LogP contribution in [-0.2, 0) is 17.8 Å². The van der Waals surface area contributed by atoms with E-state index in [1.54, 1.807) is 12.1 Å². The maximum atomic E-state index is 12.5. The standard InChI is InChI=1S/C28H27ClN2O3/c1-2-33-26-18-23(17-25(29)27(26)34-20-22-12-7-4-8-13-22)16-24(19-30)28(32)31-15-9-14-21-10-5-3-6-11-21/h3-8,10-13,16-18H,2,9,14-15,20H2,1H3,(H,31,32)/b24-16-.